The van der Waals surface area contributed by atoms with Crippen LogP contribution in [0.2, 0.25) is 0 Å². The third kappa shape index (κ3) is 3.93. The van der Waals surface area contributed by atoms with Gasteiger partial charge >= 0.3 is 18.0 Å². The number of rotatable bonds is 5. The van der Waals surface area contributed by atoms with Crippen LogP contribution in [0, 0.1) is 0 Å². The number of hydrogen-bond acceptors (Lipinski definition) is 6. The Labute approximate surface area is 161 Å². The van der Waals surface area contributed by atoms with Crippen molar-refractivity contribution in [3.05, 3.63) is 71.9 Å². The van der Waals surface area contributed by atoms with Crippen molar-refractivity contribution < 1.29 is 22.5 Å². The molecule has 1 N–H and O–H groups in total. The van der Waals surface area contributed by atoms with E-state index in [1.807, 2.05) is 0 Å². The first kappa shape index (κ1) is 18.6. The van der Waals surface area contributed by atoms with Crippen molar-refractivity contribution in [2.24, 2.45) is 0 Å². The average Bonchev–Trinajstić information content (AvgIpc) is 3.32. The molecule has 148 valence electrons. The zero-order chi connectivity index (χ0) is 20.4. The number of alkyl halides is 3. The van der Waals surface area contributed by atoms with Gasteiger partial charge in [-0.15, -0.1) is 0 Å². The second-order valence-corrected chi connectivity index (χ2v) is 6.03. The van der Waals surface area contributed by atoms with Gasteiger partial charge in [0.2, 0.25) is 5.82 Å². The summed E-state index contributed by atoms with van der Waals surface area (Å²) in [4.78, 5) is 23.8. The molecular formula is C18H13F3N6O2. The van der Waals surface area contributed by atoms with E-state index >= 15 is 0 Å². The number of nitrogens with zero attached hydrogens (tertiary/aromatic N) is 5. The lowest BCUT2D eigenvalue weighted by Gasteiger charge is -2.09. The Balaban J connectivity index is 1.54. The summed E-state index contributed by atoms with van der Waals surface area (Å²) in [5.74, 6) is -2.17. The predicted molar refractivity (Wildman–Crippen MR) is 93.5 cm³/mol. The molecule has 0 radical (unpaired) electrons. The van der Waals surface area contributed by atoms with Gasteiger partial charge in [-0.05, 0) is 24.3 Å². The number of halogens is 3. The highest BCUT2D eigenvalue weighted by molar-refractivity contribution is 5.89. The van der Waals surface area contributed by atoms with Crippen molar-refractivity contribution in [1.29, 1.82) is 0 Å². The molecule has 0 aliphatic rings. The zero-order valence-electron chi connectivity index (χ0n) is 14.7. The molecule has 1 amide bonds. The van der Waals surface area contributed by atoms with Crippen LogP contribution in [0.1, 0.15) is 28.0 Å². The summed E-state index contributed by atoms with van der Waals surface area (Å²) in [6.45, 7) is -0.214. The van der Waals surface area contributed by atoms with Crippen molar-refractivity contribution in [1.82, 2.24) is 30.0 Å². The molecule has 0 aliphatic carbocycles. The van der Waals surface area contributed by atoms with E-state index in [0.717, 1.165) is 4.57 Å². The zero-order valence-corrected chi connectivity index (χ0v) is 14.7. The minimum Gasteiger partial charge on any atom is -0.342 e. The molecule has 11 heteroatoms. The molecule has 0 saturated carbocycles. The Hall–Kier alpha value is -3.76. The lowest BCUT2D eigenvalue weighted by molar-refractivity contribution is -0.146. The number of fused-ring (bicyclic) bond motifs is 1. The number of pyridine rings is 1. The number of carbonyl (C=O) groups is 1. The highest BCUT2D eigenvalue weighted by Crippen LogP contribution is 2.31. The smallest absolute Gasteiger partial charge is 0.342 e. The van der Waals surface area contributed by atoms with Crippen LogP contribution >= 0.6 is 0 Å². The van der Waals surface area contributed by atoms with Crippen molar-refractivity contribution >= 4 is 16.9 Å². The molecule has 0 atom stereocenters. The van der Waals surface area contributed by atoms with Gasteiger partial charge in [-0.3, -0.25) is 9.78 Å². The van der Waals surface area contributed by atoms with Crippen LogP contribution in [0.5, 0.6) is 0 Å². The summed E-state index contributed by atoms with van der Waals surface area (Å²) in [5, 5.41) is 6.17. The van der Waals surface area contributed by atoms with E-state index in [4.69, 9.17) is 4.52 Å². The lowest BCUT2D eigenvalue weighted by Crippen LogP contribution is -2.23. The summed E-state index contributed by atoms with van der Waals surface area (Å²) in [7, 11) is 0. The largest absolute Gasteiger partial charge is 0.449 e. The number of para-hydroxylation sites is 2. The van der Waals surface area contributed by atoms with Crippen LogP contribution < -0.4 is 5.32 Å². The molecule has 1 aromatic carbocycles. The normalized spacial score (nSPS) is 11.7. The monoisotopic (exact) mass is 402 g/mol. The maximum absolute atomic E-state index is 13.4. The molecular weight excluding hydrogens is 389 g/mol. The number of benzene rings is 1. The third-order valence-electron chi connectivity index (χ3n) is 4.03. The number of nitrogens with one attached hydrogen (secondary N) is 1. The molecule has 4 aromatic rings. The fraction of sp³-hybridized carbons (Fsp3) is 0.167. The average molecular weight is 402 g/mol. The first-order chi connectivity index (χ1) is 13.9. The molecule has 0 bridgehead atoms. The van der Waals surface area contributed by atoms with E-state index in [1.54, 1.807) is 36.5 Å². The highest BCUT2D eigenvalue weighted by atomic mass is 19.4. The van der Waals surface area contributed by atoms with E-state index in [9.17, 15) is 18.0 Å². The SMILES string of the molecule is O=C(NCc1ccccn1)c1nc(Cn2c(C(F)(F)F)nc3ccccc32)no1. The van der Waals surface area contributed by atoms with E-state index in [0.29, 0.717) is 5.69 Å². The Bertz CT molecular complexity index is 1150. The molecule has 0 unspecified atom stereocenters. The third-order valence-corrected chi connectivity index (χ3v) is 4.03. The number of aromatic nitrogens is 5. The molecule has 0 saturated heterocycles. The van der Waals surface area contributed by atoms with Gasteiger partial charge in [0, 0.05) is 6.20 Å². The molecule has 0 fully saturated rings. The quantitative estimate of drug-likeness (QED) is 0.551. The summed E-state index contributed by atoms with van der Waals surface area (Å²) in [5.41, 5.74) is 1.09. The standard InChI is InChI=1S/C18H13F3N6O2/c19-18(20,21)17-24-12-6-1-2-7-13(12)27(17)10-14-25-16(29-26-14)15(28)23-9-11-5-3-4-8-22-11/h1-8H,9-10H2,(H,23,28). The van der Waals surface area contributed by atoms with Gasteiger partial charge < -0.3 is 14.4 Å². The van der Waals surface area contributed by atoms with E-state index in [2.05, 4.69) is 25.4 Å². The van der Waals surface area contributed by atoms with Crippen molar-refractivity contribution in [2.45, 2.75) is 19.3 Å². The second-order valence-electron chi connectivity index (χ2n) is 6.03. The predicted octanol–water partition coefficient (Wildman–Crippen LogP) is 2.81. The van der Waals surface area contributed by atoms with Gasteiger partial charge in [-0.25, -0.2) is 4.98 Å². The van der Waals surface area contributed by atoms with Crippen molar-refractivity contribution in [3.63, 3.8) is 0 Å². The molecule has 0 aliphatic heterocycles. The molecule has 8 nitrogen and oxygen atoms in total. The second kappa shape index (κ2) is 7.34. The van der Waals surface area contributed by atoms with Crippen LogP contribution in [-0.2, 0) is 19.3 Å². The Morgan fingerprint density at radius 3 is 2.66 bits per heavy atom. The molecule has 3 aromatic heterocycles. The van der Waals surface area contributed by atoms with Crippen molar-refractivity contribution in [3.8, 4) is 0 Å². The van der Waals surface area contributed by atoms with Crippen LogP contribution in [0.25, 0.3) is 11.0 Å². The maximum Gasteiger partial charge on any atom is 0.449 e. The van der Waals surface area contributed by atoms with Gasteiger partial charge in [-0.1, -0.05) is 23.4 Å². The van der Waals surface area contributed by atoms with E-state index < -0.39 is 17.9 Å². The fourth-order valence-corrected chi connectivity index (χ4v) is 2.75. The van der Waals surface area contributed by atoms with Gasteiger partial charge in [0.1, 0.15) is 0 Å². The fourth-order valence-electron chi connectivity index (χ4n) is 2.75. The number of amides is 1. The number of hydrogen-bond donors (Lipinski definition) is 1. The number of imidazole rings is 1. The Morgan fingerprint density at radius 1 is 1.10 bits per heavy atom. The highest BCUT2D eigenvalue weighted by Gasteiger charge is 2.38. The molecule has 4 rings (SSSR count). The number of carbonyl (C=O) groups excluding carboxylic acids is 1. The van der Waals surface area contributed by atoms with Gasteiger partial charge in [0.25, 0.3) is 0 Å². The first-order valence-corrected chi connectivity index (χ1v) is 8.45. The maximum atomic E-state index is 13.4. The van der Waals surface area contributed by atoms with Gasteiger partial charge in [0.05, 0.1) is 29.8 Å². The van der Waals surface area contributed by atoms with E-state index in [1.165, 1.54) is 12.1 Å². The van der Waals surface area contributed by atoms with Crippen LogP contribution in [0.15, 0.2) is 53.2 Å². The summed E-state index contributed by atoms with van der Waals surface area (Å²) >= 11 is 0. The lowest BCUT2D eigenvalue weighted by atomic mass is 10.3. The molecule has 29 heavy (non-hydrogen) atoms. The topological polar surface area (TPSA) is 98.7 Å². The van der Waals surface area contributed by atoms with Crippen LogP contribution in [-0.4, -0.2) is 30.6 Å². The summed E-state index contributed by atoms with van der Waals surface area (Å²) in [6.07, 6.45) is -3.08. The minimum atomic E-state index is -4.66. The van der Waals surface area contributed by atoms with Gasteiger partial charge in [-0.2, -0.15) is 18.2 Å². The van der Waals surface area contributed by atoms with E-state index in [-0.39, 0.29) is 35.8 Å². The minimum absolute atomic E-state index is 0.0818. The van der Waals surface area contributed by atoms with Crippen LogP contribution in [0.4, 0.5) is 13.2 Å². The Morgan fingerprint density at radius 2 is 1.90 bits per heavy atom. The Kier molecular flexibility index (Phi) is 4.71. The summed E-state index contributed by atoms with van der Waals surface area (Å²) < 4.78 is 45.9. The molecule has 0 spiro atoms. The summed E-state index contributed by atoms with van der Waals surface area (Å²) in [6, 6.07) is 11.4. The first-order valence-electron chi connectivity index (χ1n) is 8.45. The van der Waals surface area contributed by atoms with Gasteiger partial charge in [0.15, 0.2) is 5.82 Å². The van der Waals surface area contributed by atoms with Crippen LogP contribution in [0.3, 0.4) is 0 Å². The molecule has 3 heterocycles. The van der Waals surface area contributed by atoms with Crippen molar-refractivity contribution in [2.75, 3.05) is 0 Å².